The molecule has 27 heteroatoms. The molecule has 1 fully saturated rings. The Morgan fingerprint density at radius 3 is 1.47 bits per heavy atom. The molecule has 292 valence electrons. The molecule has 0 amide bonds. The largest absolute Gasteiger partial charge is 0.454 e. The van der Waals surface area contributed by atoms with Crippen molar-refractivity contribution in [2.24, 2.45) is 0 Å². The number of aromatic nitrogens is 3. The predicted octanol–water partition coefficient (Wildman–Crippen LogP) is -1.14. The first-order valence-electron chi connectivity index (χ1n) is 15.0. The maximum absolute atomic E-state index is 12.7. The molecule has 0 bridgehead atoms. The summed E-state index contributed by atoms with van der Waals surface area (Å²) in [7, 11) is -27.9. The lowest BCUT2D eigenvalue weighted by Gasteiger charge is -2.29. The molecule has 0 aromatic carbocycles. The SMILES string of the molecule is CS(=O)(=O)[Si](CCOCN(COCC[Si](S(C)(=O)=O)(S(C)(=O)=O)S(C)(=O)=O)c1cc(C2CCC(=O)CC2)nc2ccnn12)(S(C)(=O)=O)S(C)(=O)=O. The van der Waals surface area contributed by atoms with Crippen LogP contribution >= 0.6 is 0 Å². The molecule has 2 aromatic heterocycles. The fraction of sp³-hybridized carbons (Fsp3) is 0.708. The molecular formula is C24H42N4O15S6Si2. The van der Waals surface area contributed by atoms with Gasteiger partial charge in [-0.25, -0.2) is 55.5 Å². The van der Waals surface area contributed by atoms with Gasteiger partial charge < -0.3 is 14.4 Å². The van der Waals surface area contributed by atoms with Crippen molar-refractivity contribution in [2.45, 2.75) is 43.7 Å². The van der Waals surface area contributed by atoms with Crippen molar-refractivity contribution < 1.29 is 64.8 Å². The average molecular weight is 875 g/mol. The van der Waals surface area contributed by atoms with Crippen molar-refractivity contribution in [2.75, 3.05) is 69.1 Å². The molecule has 51 heavy (non-hydrogen) atoms. The zero-order valence-corrected chi connectivity index (χ0v) is 35.6. The van der Waals surface area contributed by atoms with E-state index in [-0.39, 0.29) is 17.5 Å². The number of hydrogen-bond acceptors (Lipinski definition) is 18. The van der Waals surface area contributed by atoms with Gasteiger partial charge in [0.2, 0.25) is 0 Å². The molecule has 2 heterocycles. The molecule has 0 radical (unpaired) electrons. The van der Waals surface area contributed by atoms with E-state index < -0.39 is 106 Å². The van der Waals surface area contributed by atoms with Crippen LogP contribution in [0.15, 0.2) is 18.3 Å². The standard InChI is InChI=1S/C24H42N4O15S6Si2/c1-44(30,31)50(45(2,32)33,46(3,34)35)15-13-42-18-27(19-43-14-16-51(47(4,36)37,48(5,38)39)49(6,40)41)24-17-22(20-7-9-21(29)10-8-20)26-23-11-12-25-28(23)24/h11-12,17,20H,7-10,13-16,18-19H2,1-6H3. The van der Waals surface area contributed by atoms with E-state index in [0.29, 0.717) is 74.6 Å². The van der Waals surface area contributed by atoms with Crippen LogP contribution in [0, 0.1) is 0 Å². The molecule has 0 N–H and O–H groups in total. The van der Waals surface area contributed by atoms with E-state index in [1.54, 1.807) is 12.1 Å². The van der Waals surface area contributed by atoms with Crippen LogP contribution in [0.3, 0.4) is 0 Å². The molecule has 0 unspecified atom stereocenters. The minimum absolute atomic E-state index is 0.106. The molecule has 1 saturated carbocycles. The Balaban J connectivity index is 2.02. The maximum Gasteiger partial charge on any atom is 0.454 e. The van der Waals surface area contributed by atoms with Crippen LogP contribution in [0.4, 0.5) is 5.82 Å². The van der Waals surface area contributed by atoms with Gasteiger partial charge in [-0.05, 0) is 12.8 Å². The predicted molar refractivity (Wildman–Crippen MR) is 194 cm³/mol. The molecule has 0 saturated heterocycles. The van der Waals surface area contributed by atoms with Gasteiger partial charge in [0.05, 0.1) is 6.20 Å². The van der Waals surface area contributed by atoms with Gasteiger partial charge in [-0.2, -0.15) is 9.61 Å². The lowest BCUT2D eigenvalue weighted by atomic mass is 9.86. The fourth-order valence-electron chi connectivity index (χ4n) is 6.26. The Labute approximate surface area is 298 Å². The van der Waals surface area contributed by atoms with E-state index in [1.165, 1.54) is 15.6 Å². The molecule has 0 atom stereocenters. The van der Waals surface area contributed by atoms with E-state index in [4.69, 9.17) is 9.47 Å². The molecule has 1 aliphatic rings. The molecule has 3 rings (SSSR count). The summed E-state index contributed by atoms with van der Waals surface area (Å²) in [4.78, 5) is 17.9. The highest BCUT2D eigenvalue weighted by molar-refractivity contribution is 8.74. The Kier molecular flexibility index (Phi) is 12.9. The Bertz CT molecular complexity index is 2050. The molecule has 0 aliphatic heterocycles. The third-order valence-corrected chi connectivity index (χ3v) is 73.8. The number of carbonyl (C=O) groups excluding carboxylic acids is 1. The minimum atomic E-state index is -5.21. The van der Waals surface area contributed by atoms with E-state index in [1.807, 2.05) is 0 Å². The highest BCUT2D eigenvalue weighted by atomic mass is 32.8. The number of nitrogens with zero attached hydrogens (tertiary/aromatic N) is 4. The number of anilines is 1. The zero-order valence-electron chi connectivity index (χ0n) is 28.7. The van der Waals surface area contributed by atoms with Crippen molar-refractivity contribution in [3.05, 3.63) is 24.0 Å². The van der Waals surface area contributed by atoms with Crippen molar-refractivity contribution in [3.8, 4) is 0 Å². The second-order valence-electron chi connectivity index (χ2n) is 12.6. The van der Waals surface area contributed by atoms with Gasteiger partial charge in [0.15, 0.2) is 61.4 Å². The van der Waals surface area contributed by atoms with E-state index in [2.05, 4.69) is 10.1 Å². The number of hydrogen-bond donors (Lipinski definition) is 0. The van der Waals surface area contributed by atoms with Gasteiger partial charge in [0, 0.05) is 99.4 Å². The number of rotatable bonds is 18. The first-order valence-corrected chi connectivity index (χ1v) is 35.1. The number of ether oxygens (including phenoxy) is 2. The number of Topliss-reactive ketones (excluding diaryl/α,β-unsaturated/α-hetero) is 1. The van der Waals surface area contributed by atoms with Gasteiger partial charge in [-0.1, -0.05) is 0 Å². The highest BCUT2D eigenvalue weighted by Crippen LogP contribution is 2.34. The second kappa shape index (κ2) is 15.1. The summed E-state index contributed by atoms with van der Waals surface area (Å²) in [5.74, 6) is 0.198. The van der Waals surface area contributed by atoms with Gasteiger partial charge in [-0.3, -0.25) is 4.79 Å². The lowest BCUT2D eigenvalue weighted by molar-refractivity contribution is -0.120. The van der Waals surface area contributed by atoms with E-state index in [0.717, 1.165) is 0 Å². The average Bonchev–Trinajstić information content (AvgIpc) is 3.40. The zero-order chi connectivity index (χ0) is 39.1. The van der Waals surface area contributed by atoms with Gasteiger partial charge in [0.25, 0.3) is 0 Å². The number of fused-ring (bicyclic) bond motifs is 1. The first-order chi connectivity index (χ1) is 23.0. The molecular weight excluding hydrogens is 833 g/mol. The van der Waals surface area contributed by atoms with Gasteiger partial charge in [-0.15, -0.1) is 0 Å². The second-order valence-corrected chi connectivity index (χ2v) is 56.1. The van der Waals surface area contributed by atoms with Crippen LogP contribution in [0.1, 0.15) is 37.3 Å². The van der Waals surface area contributed by atoms with Crippen molar-refractivity contribution in [1.82, 2.24) is 14.6 Å². The van der Waals surface area contributed by atoms with Crippen molar-refractivity contribution in [1.29, 1.82) is 0 Å². The Morgan fingerprint density at radius 1 is 0.706 bits per heavy atom. The van der Waals surface area contributed by atoms with Crippen molar-refractivity contribution in [3.63, 3.8) is 0 Å². The molecule has 0 spiro atoms. The van der Waals surface area contributed by atoms with Crippen molar-refractivity contribution >= 4 is 84.0 Å². The van der Waals surface area contributed by atoms with Crippen LogP contribution in [0.5, 0.6) is 0 Å². The van der Waals surface area contributed by atoms with Crippen LogP contribution < -0.4 is 4.90 Å². The minimum Gasteiger partial charge on any atom is -0.361 e. The van der Waals surface area contributed by atoms with Crippen LogP contribution in [0.25, 0.3) is 5.65 Å². The van der Waals surface area contributed by atoms with E-state index in [9.17, 15) is 55.3 Å². The Hall–Kier alpha value is -1.86. The quantitative estimate of drug-likeness (QED) is 0.0972. The summed E-state index contributed by atoms with van der Waals surface area (Å²) in [5.41, 5.74) is -9.51. The highest BCUT2D eigenvalue weighted by Gasteiger charge is 2.65. The van der Waals surface area contributed by atoms with Gasteiger partial charge >= 0.3 is 11.0 Å². The topological polar surface area (TPSA) is 274 Å². The summed E-state index contributed by atoms with van der Waals surface area (Å²) in [6, 6.07) is 1.43. The Morgan fingerprint density at radius 2 is 1.10 bits per heavy atom. The third-order valence-electron chi connectivity index (χ3n) is 8.63. The van der Waals surface area contributed by atoms with Gasteiger partial charge in [0.1, 0.15) is 25.1 Å². The molecule has 19 nitrogen and oxygen atoms in total. The van der Waals surface area contributed by atoms with Crippen LogP contribution in [-0.4, -0.2) is 146 Å². The first kappa shape index (κ1) is 43.5. The molecule has 1 aliphatic carbocycles. The number of ketones is 1. The maximum atomic E-state index is 12.7. The monoisotopic (exact) mass is 874 g/mol. The normalized spacial score (nSPS) is 16.5. The fourth-order valence-corrected chi connectivity index (χ4v) is 60.3. The summed E-state index contributed by atoms with van der Waals surface area (Å²) in [5, 5.41) is 4.25. The summed E-state index contributed by atoms with van der Waals surface area (Å²) < 4.78 is 166. The molecule has 2 aromatic rings. The smallest absolute Gasteiger partial charge is 0.361 e. The summed E-state index contributed by atoms with van der Waals surface area (Å²) in [6.45, 7) is -2.41. The number of carbonyl (C=O) groups is 1. The summed E-state index contributed by atoms with van der Waals surface area (Å²) in [6.07, 6.45) is 6.36. The summed E-state index contributed by atoms with van der Waals surface area (Å²) >= 11 is 0. The van der Waals surface area contributed by atoms with E-state index >= 15 is 0 Å². The lowest BCUT2D eigenvalue weighted by Crippen LogP contribution is -2.58. The third kappa shape index (κ3) is 8.77. The van der Waals surface area contributed by atoms with Crippen LogP contribution in [-0.2, 0) is 70.0 Å². The van der Waals surface area contributed by atoms with Crippen LogP contribution in [0.2, 0.25) is 12.1 Å².